The maximum Gasteiger partial charge on any atom is 0.140 e. The van der Waals surface area contributed by atoms with Gasteiger partial charge in [-0.3, -0.25) is 4.79 Å². The van der Waals surface area contributed by atoms with Crippen molar-refractivity contribution in [3.63, 3.8) is 0 Å². The first kappa shape index (κ1) is 15.1. The van der Waals surface area contributed by atoms with Gasteiger partial charge in [0.2, 0.25) is 0 Å². The van der Waals surface area contributed by atoms with E-state index in [1.165, 1.54) is 0 Å². The summed E-state index contributed by atoms with van der Waals surface area (Å²) in [5.41, 5.74) is 9.02. The summed E-state index contributed by atoms with van der Waals surface area (Å²) in [6, 6.07) is 16.4. The van der Waals surface area contributed by atoms with Gasteiger partial charge in [0, 0.05) is 29.8 Å². The molecule has 2 aliphatic heterocycles. The fourth-order valence-corrected chi connectivity index (χ4v) is 4.27. The van der Waals surface area contributed by atoms with E-state index >= 15 is 0 Å². The lowest BCUT2D eigenvalue weighted by Crippen LogP contribution is -2.54. The minimum atomic E-state index is 0.0545. The van der Waals surface area contributed by atoms with Gasteiger partial charge < -0.3 is 15.4 Å². The number of benzene rings is 2. The number of anilines is 2. The van der Waals surface area contributed by atoms with Crippen LogP contribution in [0.15, 0.2) is 48.5 Å². The predicted octanol–water partition coefficient (Wildman–Crippen LogP) is 3.58. The molecule has 4 nitrogen and oxygen atoms in total. The van der Waals surface area contributed by atoms with E-state index < -0.39 is 0 Å². The van der Waals surface area contributed by atoms with Crippen LogP contribution in [0.2, 0.25) is 0 Å². The lowest BCUT2D eigenvalue weighted by molar-refractivity contribution is -0.128. The van der Waals surface area contributed by atoms with Crippen molar-refractivity contribution in [2.45, 2.75) is 31.3 Å². The number of nitrogens with zero attached hydrogens (tertiary/aromatic N) is 1. The summed E-state index contributed by atoms with van der Waals surface area (Å²) in [4.78, 5) is 14.9. The third-order valence-corrected chi connectivity index (χ3v) is 5.36. The highest BCUT2D eigenvalue weighted by Gasteiger charge is 2.47. The number of hydrogen-bond donors (Lipinski definition) is 1. The number of nitrogens with two attached hydrogens (primary N) is 1. The Balaban J connectivity index is 1.78. The highest BCUT2D eigenvalue weighted by Crippen LogP contribution is 2.48. The number of fused-ring (bicyclic) bond motifs is 3. The van der Waals surface area contributed by atoms with Crippen molar-refractivity contribution < 1.29 is 9.53 Å². The predicted molar refractivity (Wildman–Crippen MR) is 95.2 cm³/mol. The Morgan fingerprint density at radius 2 is 1.92 bits per heavy atom. The van der Waals surface area contributed by atoms with Crippen LogP contribution < -0.4 is 15.4 Å². The quantitative estimate of drug-likeness (QED) is 0.878. The average Bonchev–Trinajstić information content (AvgIpc) is 2.61. The smallest absolute Gasteiger partial charge is 0.140 e. The van der Waals surface area contributed by atoms with Crippen LogP contribution in [0.3, 0.4) is 0 Å². The van der Waals surface area contributed by atoms with Gasteiger partial charge in [-0.05, 0) is 54.8 Å². The third kappa shape index (κ3) is 2.42. The molecular weight excluding hydrogens is 300 g/mol. The van der Waals surface area contributed by atoms with E-state index in [2.05, 4.69) is 23.1 Å². The molecule has 2 saturated heterocycles. The second kappa shape index (κ2) is 5.86. The number of hydrogen-bond acceptors (Lipinski definition) is 4. The fourth-order valence-electron chi connectivity index (χ4n) is 4.27. The maximum absolute atomic E-state index is 12.5. The number of ketones is 1. The zero-order chi connectivity index (χ0) is 16.7. The molecule has 3 atom stereocenters. The van der Waals surface area contributed by atoms with Crippen LogP contribution >= 0.6 is 0 Å². The normalized spacial score (nSPS) is 25.8. The molecule has 2 aromatic carbocycles. The molecule has 0 aromatic heterocycles. The zero-order valence-electron chi connectivity index (χ0n) is 13.8. The molecule has 3 fully saturated rings. The molecule has 2 N–H and O–H groups in total. The fraction of sp³-hybridized carbons (Fsp3) is 0.350. The van der Waals surface area contributed by atoms with E-state index in [1.807, 2.05) is 30.3 Å². The molecule has 5 rings (SSSR count). The van der Waals surface area contributed by atoms with Crippen LogP contribution in [0, 0.1) is 5.92 Å². The first-order valence-corrected chi connectivity index (χ1v) is 8.48. The molecule has 2 aromatic rings. The Bertz CT molecular complexity index is 756. The highest BCUT2D eigenvalue weighted by molar-refractivity contribution is 5.86. The maximum atomic E-state index is 12.5. The van der Waals surface area contributed by atoms with Crippen LogP contribution in [0.25, 0.3) is 0 Å². The second-order valence-electron chi connectivity index (χ2n) is 6.73. The molecule has 0 spiro atoms. The first-order chi connectivity index (χ1) is 11.7. The van der Waals surface area contributed by atoms with Crippen LogP contribution in [-0.4, -0.2) is 18.9 Å². The molecule has 0 radical (unpaired) electrons. The van der Waals surface area contributed by atoms with Crippen LogP contribution in [-0.2, 0) is 4.79 Å². The Labute approximate surface area is 142 Å². The number of ether oxygens (including phenoxy) is 1. The van der Waals surface area contributed by atoms with Crippen molar-refractivity contribution in [3.8, 4) is 5.75 Å². The number of methoxy groups -OCH3 is 1. The highest BCUT2D eigenvalue weighted by atomic mass is 16.5. The van der Waals surface area contributed by atoms with Crippen LogP contribution in [0.1, 0.15) is 30.9 Å². The molecule has 1 saturated carbocycles. The van der Waals surface area contributed by atoms with Gasteiger partial charge >= 0.3 is 0 Å². The molecule has 0 amide bonds. The van der Waals surface area contributed by atoms with Crippen molar-refractivity contribution in [1.82, 2.24) is 0 Å². The average molecular weight is 322 g/mol. The second-order valence-corrected chi connectivity index (χ2v) is 6.73. The summed E-state index contributed by atoms with van der Waals surface area (Å²) in [7, 11) is 1.67. The number of carbonyl (C=O) groups is 1. The number of nitrogen functional groups attached to an aromatic ring is 1. The van der Waals surface area contributed by atoms with Crippen molar-refractivity contribution in [1.29, 1.82) is 0 Å². The first-order valence-electron chi connectivity index (χ1n) is 8.48. The molecule has 2 bridgehead atoms. The van der Waals surface area contributed by atoms with Crippen molar-refractivity contribution in [2.75, 3.05) is 17.7 Å². The van der Waals surface area contributed by atoms with Gasteiger partial charge in [-0.2, -0.15) is 0 Å². The van der Waals surface area contributed by atoms with Gasteiger partial charge in [-0.25, -0.2) is 0 Å². The molecular formula is C20H22N2O2. The summed E-state index contributed by atoms with van der Waals surface area (Å²) in [6.45, 7) is 0. The number of piperidine rings is 2. The Kier molecular flexibility index (Phi) is 3.68. The largest absolute Gasteiger partial charge is 0.497 e. The van der Waals surface area contributed by atoms with Crippen LogP contribution in [0.5, 0.6) is 5.75 Å². The summed E-state index contributed by atoms with van der Waals surface area (Å²) in [5.74, 6) is 1.29. The van der Waals surface area contributed by atoms with Gasteiger partial charge in [0.15, 0.2) is 0 Å². The number of rotatable bonds is 3. The Hall–Kier alpha value is -2.49. The van der Waals surface area contributed by atoms with Crippen molar-refractivity contribution in [2.24, 2.45) is 5.92 Å². The van der Waals surface area contributed by atoms with Crippen molar-refractivity contribution in [3.05, 3.63) is 54.1 Å². The number of carbonyl (C=O) groups excluding carboxylic acids is 1. The van der Waals surface area contributed by atoms with Gasteiger partial charge in [0.25, 0.3) is 0 Å². The van der Waals surface area contributed by atoms with Gasteiger partial charge in [0.05, 0.1) is 13.2 Å². The van der Waals surface area contributed by atoms with E-state index in [4.69, 9.17) is 10.5 Å². The van der Waals surface area contributed by atoms with E-state index in [1.54, 1.807) is 7.11 Å². The standard InChI is InChI=1S/C20H22N2O2/c1-24-17-8-5-15(6-9-17)22-16-7-10-18(19(23)12-16)20(22)13-3-2-4-14(21)11-13/h2-6,8-9,11,16,18,20H,7,10,12,21H2,1H3. The molecule has 124 valence electrons. The summed E-state index contributed by atoms with van der Waals surface area (Å²) in [6.07, 6.45) is 2.69. The van der Waals surface area contributed by atoms with E-state index in [-0.39, 0.29) is 18.0 Å². The summed E-state index contributed by atoms with van der Waals surface area (Å²) < 4.78 is 5.27. The summed E-state index contributed by atoms with van der Waals surface area (Å²) >= 11 is 0. The third-order valence-electron chi connectivity index (χ3n) is 5.36. The Morgan fingerprint density at radius 3 is 2.58 bits per heavy atom. The lowest BCUT2D eigenvalue weighted by Gasteiger charge is -2.52. The van der Waals surface area contributed by atoms with E-state index in [0.717, 1.165) is 35.5 Å². The topological polar surface area (TPSA) is 55.6 Å². The Morgan fingerprint density at radius 1 is 1.12 bits per heavy atom. The van der Waals surface area contributed by atoms with Crippen LogP contribution in [0.4, 0.5) is 11.4 Å². The van der Waals surface area contributed by atoms with Crippen molar-refractivity contribution >= 4 is 17.2 Å². The molecule has 3 unspecified atom stereocenters. The van der Waals surface area contributed by atoms with E-state index in [9.17, 15) is 4.79 Å². The molecule has 1 aliphatic carbocycles. The van der Waals surface area contributed by atoms with E-state index in [0.29, 0.717) is 12.2 Å². The number of Topliss-reactive ketones (excluding diaryl/α,β-unsaturated/α-hetero) is 1. The summed E-state index contributed by atoms with van der Waals surface area (Å²) in [5, 5.41) is 0. The molecule has 3 aliphatic rings. The monoisotopic (exact) mass is 322 g/mol. The lowest BCUT2D eigenvalue weighted by atomic mass is 9.71. The molecule has 2 heterocycles. The minimum Gasteiger partial charge on any atom is -0.497 e. The van der Waals surface area contributed by atoms with Gasteiger partial charge in [0.1, 0.15) is 11.5 Å². The minimum absolute atomic E-state index is 0.0545. The van der Waals surface area contributed by atoms with Gasteiger partial charge in [-0.15, -0.1) is 0 Å². The zero-order valence-corrected chi connectivity index (χ0v) is 13.8. The SMILES string of the molecule is COc1ccc(N2C3CCC(C(=O)C3)C2c2cccc(N)c2)cc1. The molecule has 24 heavy (non-hydrogen) atoms. The van der Waals surface area contributed by atoms with Gasteiger partial charge in [-0.1, -0.05) is 12.1 Å². The molecule has 4 heteroatoms.